The number of amides is 2. The number of ether oxygens (including phenoxy) is 2. The van der Waals surface area contributed by atoms with Crippen molar-refractivity contribution in [2.24, 2.45) is 5.41 Å². The van der Waals surface area contributed by atoms with E-state index in [0.717, 1.165) is 31.1 Å². The highest BCUT2D eigenvalue weighted by Gasteiger charge is 2.29. The van der Waals surface area contributed by atoms with E-state index in [9.17, 15) is 9.59 Å². The SMILES string of the molecule is COc1ccc(OCCN2CCN(C(=O)C(C)NC(=O)C(C)(C)C)CC2)cc1. The van der Waals surface area contributed by atoms with E-state index in [-0.39, 0.29) is 11.8 Å². The molecule has 156 valence electrons. The van der Waals surface area contributed by atoms with Gasteiger partial charge in [-0.2, -0.15) is 0 Å². The van der Waals surface area contributed by atoms with Crippen molar-refractivity contribution < 1.29 is 19.1 Å². The molecule has 0 radical (unpaired) electrons. The van der Waals surface area contributed by atoms with E-state index in [2.05, 4.69) is 10.2 Å². The highest BCUT2D eigenvalue weighted by molar-refractivity contribution is 5.89. The Labute approximate surface area is 168 Å². The Balaban J connectivity index is 1.70. The molecule has 1 N–H and O–H groups in total. The summed E-state index contributed by atoms with van der Waals surface area (Å²) < 4.78 is 10.9. The van der Waals surface area contributed by atoms with Crippen molar-refractivity contribution in [3.63, 3.8) is 0 Å². The minimum Gasteiger partial charge on any atom is -0.497 e. The fourth-order valence-electron chi connectivity index (χ4n) is 2.91. The number of nitrogens with one attached hydrogen (secondary N) is 1. The lowest BCUT2D eigenvalue weighted by Crippen LogP contribution is -2.55. The first-order valence-electron chi connectivity index (χ1n) is 9.79. The second kappa shape index (κ2) is 9.78. The number of hydrogen-bond donors (Lipinski definition) is 1. The molecule has 1 aliphatic rings. The Morgan fingerprint density at radius 1 is 1.07 bits per heavy atom. The minimum atomic E-state index is -0.503. The zero-order chi connectivity index (χ0) is 20.7. The Kier molecular flexibility index (Phi) is 7.69. The van der Waals surface area contributed by atoms with Gasteiger partial charge in [-0.05, 0) is 31.2 Å². The van der Waals surface area contributed by atoms with Crippen LogP contribution < -0.4 is 14.8 Å². The lowest BCUT2D eigenvalue weighted by Gasteiger charge is -2.36. The quantitative estimate of drug-likeness (QED) is 0.767. The van der Waals surface area contributed by atoms with Gasteiger partial charge in [0.15, 0.2) is 0 Å². The van der Waals surface area contributed by atoms with Crippen LogP contribution in [0.2, 0.25) is 0 Å². The predicted octanol–water partition coefficient (Wildman–Crippen LogP) is 1.77. The smallest absolute Gasteiger partial charge is 0.244 e. The summed E-state index contributed by atoms with van der Waals surface area (Å²) in [5, 5.41) is 2.82. The summed E-state index contributed by atoms with van der Waals surface area (Å²) >= 11 is 0. The van der Waals surface area contributed by atoms with E-state index >= 15 is 0 Å². The van der Waals surface area contributed by atoms with Crippen LogP contribution in [0.4, 0.5) is 0 Å². The van der Waals surface area contributed by atoms with Gasteiger partial charge in [-0.15, -0.1) is 0 Å². The van der Waals surface area contributed by atoms with Crippen molar-refractivity contribution >= 4 is 11.8 Å². The van der Waals surface area contributed by atoms with Crippen LogP contribution in [0.5, 0.6) is 11.5 Å². The van der Waals surface area contributed by atoms with Crippen LogP contribution in [0, 0.1) is 5.41 Å². The molecule has 2 amide bonds. The van der Waals surface area contributed by atoms with Crippen LogP contribution >= 0.6 is 0 Å². The monoisotopic (exact) mass is 391 g/mol. The first-order valence-corrected chi connectivity index (χ1v) is 9.79. The summed E-state index contributed by atoms with van der Waals surface area (Å²) in [6.45, 7) is 11.6. The maximum Gasteiger partial charge on any atom is 0.244 e. The number of nitrogens with zero attached hydrogens (tertiary/aromatic N) is 2. The van der Waals surface area contributed by atoms with Gasteiger partial charge in [0.05, 0.1) is 7.11 Å². The summed E-state index contributed by atoms with van der Waals surface area (Å²) in [7, 11) is 1.64. The van der Waals surface area contributed by atoms with Gasteiger partial charge in [0.1, 0.15) is 24.1 Å². The van der Waals surface area contributed by atoms with Crippen molar-refractivity contribution in [2.45, 2.75) is 33.7 Å². The first kappa shape index (κ1) is 22.0. The molecule has 0 saturated carbocycles. The highest BCUT2D eigenvalue weighted by atomic mass is 16.5. The molecule has 0 bridgehead atoms. The lowest BCUT2D eigenvalue weighted by molar-refractivity contribution is -0.139. The molecule has 1 unspecified atom stereocenters. The molecule has 28 heavy (non-hydrogen) atoms. The van der Waals surface area contributed by atoms with Crippen molar-refractivity contribution in [3.05, 3.63) is 24.3 Å². The number of carbonyl (C=O) groups is 2. The van der Waals surface area contributed by atoms with Crippen LogP contribution in [0.15, 0.2) is 24.3 Å². The zero-order valence-electron chi connectivity index (χ0n) is 17.7. The molecule has 0 aromatic heterocycles. The molecule has 1 aromatic carbocycles. The molecule has 1 atom stereocenters. The molecule has 1 fully saturated rings. The average Bonchev–Trinajstić information content (AvgIpc) is 2.67. The van der Waals surface area contributed by atoms with E-state index in [1.54, 1.807) is 14.0 Å². The van der Waals surface area contributed by atoms with Gasteiger partial charge in [0.2, 0.25) is 11.8 Å². The Morgan fingerprint density at radius 3 is 2.18 bits per heavy atom. The van der Waals surface area contributed by atoms with Gasteiger partial charge in [0.25, 0.3) is 0 Å². The number of hydrogen-bond acceptors (Lipinski definition) is 5. The van der Waals surface area contributed by atoms with Crippen molar-refractivity contribution in [1.82, 2.24) is 15.1 Å². The fourth-order valence-corrected chi connectivity index (χ4v) is 2.91. The molecule has 1 heterocycles. The second-order valence-electron chi connectivity index (χ2n) is 8.14. The molecular formula is C21H33N3O4. The molecule has 7 nitrogen and oxygen atoms in total. The summed E-state index contributed by atoms with van der Waals surface area (Å²) in [4.78, 5) is 28.8. The van der Waals surface area contributed by atoms with Crippen molar-refractivity contribution in [3.8, 4) is 11.5 Å². The Hall–Kier alpha value is -2.28. The maximum absolute atomic E-state index is 12.6. The Morgan fingerprint density at radius 2 is 1.64 bits per heavy atom. The summed E-state index contributed by atoms with van der Waals surface area (Å²) in [5.74, 6) is 1.49. The van der Waals surface area contributed by atoms with Crippen LogP contribution in [0.1, 0.15) is 27.7 Å². The predicted molar refractivity (Wildman–Crippen MR) is 109 cm³/mol. The van der Waals surface area contributed by atoms with Gasteiger partial charge >= 0.3 is 0 Å². The molecule has 1 aliphatic heterocycles. The van der Waals surface area contributed by atoms with Gasteiger partial charge in [-0.3, -0.25) is 14.5 Å². The normalized spacial score (nSPS) is 16.4. The summed E-state index contributed by atoms with van der Waals surface area (Å²) in [6, 6.07) is 7.03. The third-order valence-corrected chi connectivity index (χ3v) is 4.82. The highest BCUT2D eigenvalue weighted by Crippen LogP contribution is 2.17. The molecular weight excluding hydrogens is 358 g/mol. The van der Waals surface area contributed by atoms with Gasteiger partial charge in [-0.1, -0.05) is 20.8 Å². The van der Waals surface area contributed by atoms with E-state index < -0.39 is 11.5 Å². The largest absolute Gasteiger partial charge is 0.497 e. The third-order valence-electron chi connectivity index (χ3n) is 4.82. The number of carbonyl (C=O) groups excluding carboxylic acids is 2. The number of rotatable bonds is 7. The van der Waals surface area contributed by atoms with Crippen molar-refractivity contribution in [1.29, 1.82) is 0 Å². The number of piperazine rings is 1. The molecule has 0 aliphatic carbocycles. The van der Waals surface area contributed by atoms with Gasteiger partial charge in [-0.25, -0.2) is 0 Å². The summed E-state index contributed by atoms with van der Waals surface area (Å²) in [6.07, 6.45) is 0. The molecule has 2 rings (SSSR count). The van der Waals surface area contributed by atoms with E-state index in [4.69, 9.17) is 9.47 Å². The fraction of sp³-hybridized carbons (Fsp3) is 0.619. The second-order valence-corrected chi connectivity index (χ2v) is 8.14. The minimum absolute atomic E-state index is 0.0215. The topological polar surface area (TPSA) is 71.1 Å². The van der Waals surface area contributed by atoms with Crippen molar-refractivity contribution in [2.75, 3.05) is 46.4 Å². The molecule has 1 aromatic rings. The molecule has 1 saturated heterocycles. The van der Waals surface area contributed by atoms with E-state index in [0.29, 0.717) is 19.7 Å². The number of benzene rings is 1. The first-order chi connectivity index (χ1) is 13.2. The van der Waals surface area contributed by atoms with Crippen LogP contribution in [0.25, 0.3) is 0 Å². The van der Waals surface area contributed by atoms with Crippen LogP contribution in [-0.2, 0) is 9.59 Å². The van der Waals surface area contributed by atoms with E-state index in [1.165, 1.54) is 0 Å². The van der Waals surface area contributed by atoms with Gasteiger partial charge < -0.3 is 19.7 Å². The average molecular weight is 392 g/mol. The maximum atomic E-state index is 12.6. The third kappa shape index (κ3) is 6.41. The number of methoxy groups -OCH3 is 1. The molecule has 0 spiro atoms. The van der Waals surface area contributed by atoms with Crippen LogP contribution in [-0.4, -0.2) is 74.1 Å². The molecule has 7 heteroatoms. The standard InChI is InChI=1S/C21H33N3O4/c1-16(22-20(26)21(2,3)4)19(25)24-12-10-23(11-13-24)14-15-28-18-8-6-17(27-5)7-9-18/h6-9,16H,10-15H2,1-5H3,(H,22,26). The van der Waals surface area contributed by atoms with E-state index in [1.807, 2.05) is 49.9 Å². The zero-order valence-corrected chi connectivity index (χ0v) is 17.7. The van der Waals surface area contributed by atoms with Crippen LogP contribution in [0.3, 0.4) is 0 Å². The summed E-state index contributed by atoms with van der Waals surface area (Å²) in [5.41, 5.74) is -0.503. The van der Waals surface area contributed by atoms with Gasteiger partial charge in [0, 0.05) is 38.1 Å². The lowest BCUT2D eigenvalue weighted by atomic mass is 9.95. The Bertz CT molecular complexity index is 647.